The van der Waals surface area contributed by atoms with Crippen LogP contribution < -0.4 is 15.8 Å². The first-order chi connectivity index (χ1) is 16.9. The Morgan fingerprint density at radius 2 is 1.92 bits per heavy atom. The molecule has 0 bridgehead atoms. The van der Waals surface area contributed by atoms with E-state index < -0.39 is 72.4 Å². The molecule has 0 unspecified atom stereocenters. The molecule has 2 aromatic rings. The highest BCUT2D eigenvalue weighted by Crippen LogP contribution is 2.48. The molecule has 2 aliphatic heterocycles. The third-order valence-electron chi connectivity index (χ3n) is 5.58. The number of nitrogens with two attached hydrogens (primary N) is 1. The number of amides is 1. The SMILES string of the molecule is Cl.NC1=N[C@@]2(c3cc(NC(=O)c4ncc(OCC(F)(F)C(F)F)cc4F)ccc3F)COC[C@@]2(F)CO1. The number of nitrogens with one attached hydrogen (secondary N) is 1. The van der Waals surface area contributed by atoms with Gasteiger partial charge in [-0.25, -0.2) is 31.9 Å². The van der Waals surface area contributed by atoms with E-state index in [0.717, 1.165) is 18.2 Å². The molecule has 0 spiro atoms. The van der Waals surface area contributed by atoms with Crippen LogP contribution in [0.1, 0.15) is 16.1 Å². The number of alkyl halides is 5. The molecule has 8 nitrogen and oxygen atoms in total. The predicted molar refractivity (Wildman–Crippen MR) is 116 cm³/mol. The number of halogens is 8. The standard InChI is InChI=1S/C21H17F7N4O4.ClH/c22-13-2-1-10(3-12(13)20-8-34-6-19(20,26)7-36-18(29)32-20)31-16(33)15-14(23)4-11(5-30-15)35-9-21(27,28)17(24)25;/h1-5,17H,6-9H2,(H2,29,32)(H,31,33);1H/t19-,20-;/m1./s1. The van der Waals surface area contributed by atoms with Crippen LogP contribution in [0.15, 0.2) is 35.5 Å². The van der Waals surface area contributed by atoms with Gasteiger partial charge in [0.05, 0.1) is 19.4 Å². The third-order valence-corrected chi connectivity index (χ3v) is 5.58. The van der Waals surface area contributed by atoms with Crippen LogP contribution in [0.3, 0.4) is 0 Å². The first-order valence-corrected chi connectivity index (χ1v) is 10.2. The molecule has 16 heteroatoms. The Bertz CT molecular complexity index is 1220. The molecule has 37 heavy (non-hydrogen) atoms. The average Bonchev–Trinajstić information content (AvgIpc) is 3.16. The van der Waals surface area contributed by atoms with Crippen LogP contribution in [0.2, 0.25) is 0 Å². The monoisotopic (exact) mass is 558 g/mol. The summed E-state index contributed by atoms with van der Waals surface area (Å²) in [6, 6.07) is 3.22. The van der Waals surface area contributed by atoms with Crippen molar-refractivity contribution >= 4 is 30.0 Å². The number of aromatic nitrogens is 1. The minimum Gasteiger partial charge on any atom is -0.485 e. The third kappa shape index (κ3) is 5.23. The number of pyridine rings is 1. The van der Waals surface area contributed by atoms with Gasteiger partial charge in [0.15, 0.2) is 29.3 Å². The molecule has 202 valence electrons. The number of fused-ring (bicyclic) bond motifs is 1. The molecule has 1 aromatic heterocycles. The van der Waals surface area contributed by atoms with Gasteiger partial charge in [-0.15, -0.1) is 12.4 Å². The van der Waals surface area contributed by atoms with E-state index in [-0.39, 0.29) is 36.3 Å². The highest BCUT2D eigenvalue weighted by molar-refractivity contribution is 6.03. The fraction of sp³-hybridized carbons (Fsp3) is 0.381. The molecule has 1 aromatic carbocycles. The topological polar surface area (TPSA) is 108 Å². The summed E-state index contributed by atoms with van der Waals surface area (Å²) in [4.78, 5) is 20.0. The van der Waals surface area contributed by atoms with Gasteiger partial charge < -0.3 is 25.3 Å². The number of amidine groups is 1. The molecule has 3 heterocycles. The Balaban J connectivity index is 0.00000380. The normalized spacial score (nSPS) is 23.0. The van der Waals surface area contributed by atoms with Gasteiger partial charge in [0, 0.05) is 17.3 Å². The van der Waals surface area contributed by atoms with Crippen LogP contribution in [0.5, 0.6) is 5.75 Å². The van der Waals surface area contributed by atoms with Gasteiger partial charge >= 0.3 is 12.3 Å². The van der Waals surface area contributed by atoms with Gasteiger partial charge in [-0.3, -0.25) is 4.79 Å². The second-order valence-corrected chi connectivity index (χ2v) is 8.06. The number of nitrogens with zero attached hydrogens (tertiary/aromatic N) is 2. The number of anilines is 1. The highest BCUT2D eigenvalue weighted by atomic mass is 35.5. The smallest absolute Gasteiger partial charge is 0.340 e. The van der Waals surface area contributed by atoms with E-state index in [1.165, 1.54) is 0 Å². The summed E-state index contributed by atoms with van der Waals surface area (Å²) in [6.45, 7) is -3.11. The molecular weight excluding hydrogens is 541 g/mol. The lowest BCUT2D eigenvalue weighted by Crippen LogP contribution is -2.55. The molecule has 1 fully saturated rings. The highest BCUT2D eigenvalue weighted by Gasteiger charge is 2.62. The molecule has 2 atom stereocenters. The van der Waals surface area contributed by atoms with Gasteiger partial charge in [-0.2, -0.15) is 8.78 Å². The van der Waals surface area contributed by atoms with Crippen LogP contribution >= 0.6 is 12.4 Å². The van der Waals surface area contributed by atoms with Crippen LogP contribution in [0, 0.1) is 11.6 Å². The molecule has 0 aliphatic carbocycles. The van der Waals surface area contributed by atoms with E-state index in [1.807, 2.05) is 0 Å². The van der Waals surface area contributed by atoms with Crippen LogP contribution in [0.4, 0.5) is 36.4 Å². The lowest BCUT2D eigenvalue weighted by molar-refractivity contribution is -0.148. The van der Waals surface area contributed by atoms with Crippen molar-refractivity contribution in [2.45, 2.75) is 23.6 Å². The lowest BCUT2D eigenvalue weighted by Gasteiger charge is -2.38. The number of hydrogen-bond acceptors (Lipinski definition) is 7. The molecule has 1 amide bonds. The fourth-order valence-corrected chi connectivity index (χ4v) is 3.71. The zero-order valence-corrected chi connectivity index (χ0v) is 19.3. The number of rotatable bonds is 7. The number of hydrogen-bond donors (Lipinski definition) is 2. The van der Waals surface area contributed by atoms with Crippen LogP contribution in [0.25, 0.3) is 0 Å². The first-order valence-electron chi connectivity index (χ1n) is 10.2. The number of ether oxygens (including phenoxy) is 3. The van der Waals surface area contributed by atoms with Crippen molar-refractivity contribution in [2.75, 3.05) is 31.7 Å². The molecular formula is C21H18ClF7N4O4. The van der Waals surface area contributed by atoms with E-state index in [1.54, 1.807) is 0 Å². The Hall–Kier alpha value is -3.33. The maximum Gasteiger partial charge on any atom is 0.340 e. The zero-order chi connectivity index (χ0) is 26.3. The van der Waals surface area contributed by atoms with E-state index in [9.17, 15) is 31.1 Å². The number of aliphatic imine (C=N–C) groups is 1. The van der Waals surface area contributed by atoms with E-state index >= 15 is 4.39 Å². The summed E-state index contributed by atoms with van der Waals surface area (Å²) >= 11 is 0. The minimum atomic E-state index is -4.48. The van der Waals surface area contributed by atoms with Crippen molar-refractivity contribution in [1.82, 2.24) is 4.98 Å². The quantitative estimate of drug-likeness (QED) is 0.503. The Morgan fingerprint density at radius 1 is 1.19 bits per heavy atom. The Morgan fingerprint density at radius 3 is 2.59 bits per heavy atom. The second-order valence-electron chi connectivity index (χ2n) is 8.06. The maximum absolute atomic E-state index is 15.6. The molecule has 1 saturated heterocycles. The summed E-state index contributed by atoms with van der Waals surface area (Å²) in [5, 5.41) is 2.25. The van der Waals surface area contributed by atoms with Crippen molar-refractivity contribution in [3.05, 3.63) is 53.4 Å². The van der Waals surface area contributed by atoms with Crippen molar-refractivity contribution in [3.63, 3.8) is 0 Å². The van der Waals surface area contributed by atoms with Crippen LogP contribution in [-0.4, -0.2) is 61.4 Å². The second kappa shape index (κ2) is 10.2. The molecule has 0 radical (unpaired) electrons. The average molecular weight is 559 g/mol. The molecule has 0 saturated carbocycles. The fourth-order valence-electron chi connectivity index (χ4n) is 3.71. The Labute approximate surface area is 210 Å². The van der Waals surface area contributed by atoms with E-state index in [2.05, 4.69) is 20.0 Å². The summed E-state index contributed by atoms with van der Waals surface area (Å²) < 4.78 is 110. The van der Waals surface area contributed by atoms with Crippen LogP contribution in [-0.2, 0) is 15.0 Å². The summed E-state index contributed by atoms with van der Waals surface area (Å²) in [5.74, 6) is -8.45. The van der Waals surface area contributed by atoms with Gasteiger partial charge in [0.1, 0.15) is 18.2 Å². The largest absolute Gasteiger partial charge is 0.485 e. The lowest BCUT2D eigenvalue weighted by atomic mass is 9.78. The first kappa shape index (κ1) is 28.2. The van der Waals surface area contributed by atoms with Gasteiger partial charge in [0.2, 0.25) is 0 Å². The van der Waals surface area contributed by atoms with Crippen molar-refractivity contribution < 1.29 is 49.7 Å². The van der Waals surface area contributed by atoms with Gasteiger partial charge in [0.25, 0.3) is 11.9 Å². The zero-order valence-electron chi connectivity index (χ0n) is 18.5. The van der Waals surface area contributed by atoms with Gasteiger partial charge in [-0.1, -0.05) is 0 Å². The number of carbonyl (C=O) groups excluding carboxylic acids is 1. The van der Waals surface area contributed by atoms with Crippen molar-refractivity contribution in [1.29, 1.82) is 0 Å². The Kier molecular flexibility index (Phi) is 7.79. The molecule has 4 rings (SSSR count). The predicted octanol–water partition coefficient (Wildman–Crippen LogP) is 3.59. The van der Waals surface area contributed by atoms with Gasteiger partial charge in [-0.05, 0) is 18.2 Å². The summed E-state index contributed by atoms with van der Waals surface area (Å²) in [7, 11) is 0. The maximum atomic E-state index is 15.6. The molecule has 2 aliphatic rings. The summed E-state index contributed by atoms with van der Waals surface area (Å²) in [6.07, 6.45) is -3.32. The molecule has 3 N–H and O–H groups in total. The van der Waals surface area contributed by atoms with E-state index in [4.69, 9.17) is 15.2 Å². The van der Waals surface area contributed by atoms with Crippen molar-refractivity contribution in [2.24, 2.45) is 10.7 Å². The number of carbonyl (C=O) groups is 1. The minimum absolute atomic E-state index is 0. The van der Waals surface area contributed by atoms with E-state index in [0.29, 0.717) is 12.3 Å². The summed E-state index contributed by atoms with van der Waals surface area (Å²) in [5.41, 5.74) is 0.204. The van der Waals surface area contributed by atoms with Crippen molar-refractivity contribution in [3.8, 4) is 5.75 Å². The number of benzene rings is 1.